The summed E-state index contributed by atoms with van der Waals surface area (Å²) in [6.07, 6.45) is 3.25. The van der Waals surface area contributed by atoms with E-state index in [1.165, 1.54) is 6.07 Å². The predicted molar refractivity (Wildman–Crippen MR) is 143 cm³/mol. The van der Waals surface area contributed by atoms with Crippen LogP contribution in [0.5, 0.6) is 0 Å². The Bertz CT molecular complexity index is 1360. The van der Waals surface area contributed by atoms with Crippen molar-refractivity contribution in [2.24, 2.45) is 0 Å². The van der Waals surface area contributed by atoms with Crippen LogP contribution in [0.3, 0.4) is 0 Å². The van der Waals surface area contributed by atoms with Crippen LogP contribution >= 0.6 is 0 Å². The van der Waals surface area contributed by atoms with E-state index in [4.69, 9.17) is 0 Å². The summed E-state index contributed by atoms with van der Waals surface area (Å²) in [5.41, 5.74) is 3.13. The lowest BCUT2D eigenvalue weighted by Gasteiger charge is -2.34. The van der Waals surface area contributed by atoms with Gasteiger partial charge in [-0.3, -0.25) is 5.10 Å². The first-order valence-corrected chi connectivity index (χ1v) is 13.0. The number of H-pyrrole nitrogens is 1. The number of hydrogen-bond donors (Lipinski definition) is 3. The predicted octanol–water partition coefficient (Wildman–Crippen LogP) is 3.46. The van der Waals surface area contributed by atoms with Gasteiger partial charge in [0.25, 0.3) is 0 Å². The molecule has 1 unspecified atom stereocenters. The molecule has 2 aromatic carbocycles. The molecule has 3 heterocycles. The average Bonchev–Trinajstić information content (AvgIpc) is 3.34. The summed E-state index contributed by atoms with van der Waals surface area (Å²) in [6, 6.07) is 12.6. The molecule has 1 aliphatic rings. The highest BCUT2D eigenvalue weighted by molar-refractivity contribution is 7.92. The molecule has 188 valence electrons. The molecule has 0 aliphatic carbocycles. The van der Waals surface area contributed by atoms with Crippen molar-refractivity contribution in [3.05, 3.63) is 54.5 Å². The zero-order valence-electron chi connectivity index (χ0n) is 20.3. The summed E-state index contributed by atoms with van der Waals surface area (Å²) in [4.78, 5) is 13.4. The third kappa shape index (κ3) is 5.01. The first kappa shape index (κ1) is 24.1. The number of benzene rings is 2. The van der Waals surface area contributed by atoms with E-state index >= 15 is 0 Å². The van der Waals surface area contributed by atoms with Gasteiger partial charge in [-0.1, -0.05) is 12.1 Å². The minimum absolute atomic E-state index is 0.283. The number of aromatic nitrogens is 4. The highest BCUT2D eigenvalue weighted by atomic mass is 32.2. The molecule has 0 amide bonds. The van der Waals surface area contributed by atoms with Crippen LogP contribution in [-0.4, -0.2) is 76.1 Å². The zero-order valence-corrected chi connectivity index (χ0v) is 21.1. The van der Waals surface area contributed by atoms with Gasteiger partial charge in [0, 0.05) is 31.9 Å². The minimum atomic E-state index is -1.20. The number of nitrogens with zero attached hydrogens (tertiary/aromatic N) is 6. The number of rotatable bonds is 7. The highest BCUT2D eigenvalue weighted by Gasteiger charge is 2.19. The van der Waals surface area contributed by atoms with Crippen LogP contribution in [0.15, 0.2) is 48.7 Å². The van der Waals surface area contributed by atoms with E-state index in [0.717, 1.165) is 37.6 Å². The van der Waals surface area contributed by atoms with E-state index in [9.17, 15) is 8.94 Å². The van der Waals surface area contributed by atoms with Gasteiger partial charge in [0.2, 0.25) is 5.95 Å². The van der Waals surface area contributed by atoms with E-state index in [0.29, 0.717) is 28.2 Å². The van der Waals surface area contributed by atoms with Crippen molar-refractivity contribution in [3.8, 4) is 0 Å². The number of aromatic amines is 1. The van der Waals surface area contributed by atoms with Crippen LogP contribution in [0.1, 0.15) is 0 Å². The molecule has 2 aromatic heterocycles. The quantitative estimate of drug-likeness (QED) is 0.323. The van der Waals surface area contributed by atoms with Crippen LogP contribution in [0.2, 0.25) is 0 Å². The molecule has 1 aliphatic heterocycles. The standard InChI is InChI=1S/C24H28FN9OS/c1-32-10-12-34(13-11-32)20-9-8-16(14-18(20)25)27-24-29-22(17-15-26-31-23(17)30-24)28-19-6-4-5-7-21(19)33(2)36(3)35/h4-9,14-15H,10-13H2,1-3H3,(H3,26,27,28,29,30,31). The monoisotopic (exact) mass is 509 g/mol. The largest absolute Gasteiger partial charge is 0.593 e. The van der Waals surface area contributed by atoms with Gasteiger partial charge in [0.1, 0.15) is 23.6 Å². The first-order valence-electron chi connectivity index (χ1n) is 11.5. The third-order valence-electron chi connectivity index (χ3n) is 6.24. The van der Waals surface area contributed by atoms with Crippen LogP contribution in [0.4, 0.5) is 38.9 Å². The Morgan fingerprint density at radius 3 is 2.61 bits per heavy atom. The van der Waals surface area contributed by atoms with E-state index < -0.39 is 11.4 Å². The SMILES string of the molecule is CN1CCN(c2ccc(Nc3nc(Nc4ccccc4N(C)[S+](C)[O-])c4cn[nH]c4n3)cc2F)CC1. The van der Waals surface area contributed by atoms with Gasteiger partial charge in [0.15, 0.2) is 5.65 Å². The van der Waals surface area contributed by atoms with Gasteiger partial charge >= 0.3 is 0 Å². The second-order valence-corrected chi connectivity index (χ2v) is 10.1. The Morgan fingerprint density at radius 1 is 1.08 bits per heavy atom. The van der Waals surface area contributed by atoms with Crippen molar-refractivity contribution in [1.29, 1.82) is 0 Å². The van der Waals surface area contributed by atoms with E-state index in [2.05, 4.69) is 47.6 Å². The topological polar surface area (TPSA) is 111 Å². The van der Waals surface area contributed by atoms with Crippen molar-refractivity contribution < 1.29 is 8.94 Å². The molecule has 36 heavy (non-hydrogen) atoms. The summed E-state index contributed by atoms with van der Waals surface area (Å²) < 4.78 is 28.7. The molecular weight excluding hydrogens is 481 g/mol. The number of piperazine rings is 1. The lowest BCUT2D eigenvalue weighted by molar-refractivity contribution is 0.311. The number of para-hydroxylation sites is 2. The summed E-state index contributed by atoms with van der Waals surface area (Å²) >= 11 is -1.20. The maximum atomic E-state index is 15.0. The number of anilines is 6. The van der Waals surface area contributed by atoms with Gasteiger partial charge in [0.05, 0.1) is 41.4 Å². The highest BCUT2D eigenvalue weighted by Crippen LogP contribution is 2.32. The van der Waals surface area contributed by atoms with Gasteiger partial charge < -0.3 is 25.0 Å². The summed E-state index contributed by atoms with van der Waals surface area (Å²) in [7, 11) is 3.83. The molecule has 4 aromatic rings. The Morgan fingerprint density at radius 2 is 1.86 bits per heavy atom. The summed E-state index contributed by atoms with van der Waals surface area (Å²) in [6.45, 7) is 3.38. The van der Waals surface area contributed by atoms with Gasteiger partial charge in [-0.05, 0) is 37.4 Å². The van der Waals surface area contributed by atoms with E-state index in [1.807, 2.05) is 30.3 Å². The van der Waals surface area contributed by atoms with Crippen LogP contribution in [0, 0.1) is 5.82 Å². The van der Waals surface area contributed by atoms with E-state index in [1.54, 1.807) is 29.9 Å². The smallest absolute Gasteiger partial charge is 0.231 e. The van der Waals surface area contributed by atoms with E-state index in [-0.39, 0.29) is 11.8 Å². The van der Waals surface area contributed by atoms with Crippen LogP contribution < -0.4 is 19.8 Å². The van der Waals surface area contributed by atoms with Crippen molar-refractivity contribution in [1.82, 2.24) is 25.1 Å². The maximum Gasteiger partial charge on any atom is 0.231 e. The van der Waals surface area contributed by atoms with Gasteiger partial charge in [-0.15, -0.1) is 0 Å². The van der Waals surface area contributed by atoms with Crippen LogP contribution in [0.25, 0.3) is 11.0 Å². The molecule has 1 saturated heterocycles. The molecule has 0 bridgehead atoms. The molecule has 3 N–H and O–H groups in total. The summed E-state index contributed by atoms with van der Waals surface area (Å²) in [5.74, 6) is 0.495. The fourth-order valence-corrected chi connectivity index (χ4v) is 4.56. The molecule has 0 radical (unpaired) electrons. The molecule has 10 nitrogen and oxygen atoms in total. The number of hydrogen-bond acceptors (Lipinski definition) is 9. The molecular formula is C24H28FN9OS. The van der Waals surface area contributed by atoms with Crippen molar-refractivity contribution in [2.45, 2.75) is 0 Å². The molecule has 5 rings (SSSR count). The van der Waals surface area contributed by atoms with Gasteiger partial charge in [-0.25, -0.2) is 4.39 Å². The number of fused-ring (bicyclic) bond motifs is 1. The maximum absolute atomic E-state index is 15.0. The second kappa shape index (κ2) is 10.2. The number of likely N-dealkylation sites (N-methyl/N-ethyl adjacent to an activating group) is 1. The molecule has 0 saturated carbocycles. The molecule has 12 heteroatoms. The number of nitrogens with one attached hydrogen (secondary N) is 3. The van der Waals surface area contributed by atoms with Crippen molar-refractivity contribution in [2.75, 3.05) is 66.4 Å². The normalized spacial score (nSPS) is 15.2. The number of halogens is 1. The fourth-order valence-electron chi connectivity index (χ4n) is 4.12. The molecule has 0 spiro atoms. The molecule has 1 fully saturated rings. The zero-order chi connectivity index (χ0) is 25.2. The third-order valence-corrected chi connectivity index (χ3v) is 7.21. The fraction of sp³-hybridized carbons (Fsp3) is 0.292. The van der Waals surface area contributed by atoms with Crippen molar-refractivity contribution >= 4 is 56.9 Å². The average molecular weight is 510 g/mol. The van der Waals surface area contributed by atoms with Gasteiger partial charge in [-0.2, -0.15) is 19.4 Å². The summed E-state index contributed by atoms with van der Waals surface area (Å²) in [5, 5.41) is 14.1. The van der Waals surface area contributed by atoms with Crippen LogP contribution in [-0.2, 0) is 11.4 Å². The van der Waals surface area contributed by atoms with Crippen molar-refractivity contribution in [3.63, 3.8) is 0 Å². The Kier molecular flexibility index (Phi) is 6.81. The lowest BCUT2D eigenvalue weighted by Crippen LogP contribution is -2.44. The first-order chi connectivity index (χ1) is 17.4. The Hall–Kier alpha value is -3.61. The Balaban J connectivity index is 1.41. The Labute approximate surface area is 211 Å². The molecule has 1 atom stereocenters. The minimum Gasteiger partial charge on any atom is -0.593 e. The second-order valence-electron chi connectivity index (χ2n) is 8.67. The lowest BCUT2D eigenvalue weighted by atomic mass is 10.2.